The maximum atomic E-state index is 13.8. The molecule has 27 heavy (non-hydrogen) atoms. The van der Waals surface area contributed by atoms with E-state index in [-0.39, 0.29) is 23.3 Å². The van der Waals surface area contributed by atoms with Crippen LogP contribution in [0.1, 0.15) is 16.2 Å². The molecule has 1 saturated heterocycles. The zero-order valence-electron chi connectivity index (χ0n) is 14.7. The molecule has 3 aromatic rings. The highest BCUT2D eigenvalue weighted by atomic mass is 19.1. The summed E-state index contributed by atoms with van der Waals surface area (Å²) in [6.07, 6.45) is 0. The summed E-state index contributed by atoms with van der Waals surface area (Å²) in [6, 6.07) is 16.4. The first kappa shape index (κ1) is 17.4. The molecule has 6 nitrogen and oxygen atoms in total. The van der Waals surface area contributed by atoms with E-state index in [0.717, 1.165) is 19.6 Å². The second-order valence-electron chi connectivity index (χ2n) is 6.45. The van der Waals surface area contributed by atoms with Crippen LogP contribution in [0.4, 0.5) is 4.39 Å². The zero-order chi connectivity index (χ0) is 18.6. The van der Waals surface area contributed by atoms with Gasteiger partial charge in [0.05, 0.1) is 5.56 Å². The lowest BCUT2D eigenvalue weighted by Gasteiger charge is -2.34. The third-order valence-corrected chi connectivity index (χ3v) is 4.62. The molecule has 138 valence electrons. The fourth-order valence-electron chi connectivity index (χ4n) is 3.14. The second kappa shape index (κ2) is 7.67. The van der Waals surface area contributed by atoms with Crippen LogP contribution in [0.2, 0.25) is 0 Å². The van der Waals surface area contributed by atoms with E-state index in [9.17, 15) is 9.18 Å². The van der Waals surface area contributed by atoms with Gasteiger partial charge in [-0.05, 0) is 17.7 Å². The van der Waals surface area contributed by atoms with Gasteiger partial charge >= 0.3 is 11.8 Å². The van der Waals surface area contributed by atoms with Crippen LogP contribution in [-0.4, -0.2) is 52.1 Å². The lowest BCUT2D eigenvalue weighted by Crippen LogP contribution is -2.48. The molecule has 4 rings (SSSR count). The highest BCUT2D eigenvalue weighted by molar-refractivity contribution is 5.89. The van der Waals surface area contributed by atoms with Crippen LogP contribution in [0.25, 0.3) is 11.5 Å². The van der Waals surface area contributed by atoms with Crippen LogP contribution < -0.4 is 0 Å². The summed E-state index contributed by atoms with van der Waals surface area (Å²) in [6.45, 7) is 3.58. The van der Waals surface area contributed by atoms with Crippen molar-refractivity contribution < 1.29 is 13.6 Å². The third-order valence-electron chi connectivity index (χ3n) is 4.62. The van der Waals surface area contributed by atoms with Crippen LogP contribution in [0, 0.1) is 5.82 Å². The molecule has 7 heteroatoms. The van der Waals surface area contributed by atoms with Gasteiger partial charge in [0.2, 0.25) is 0 Å². The van der Waals surface area contributed by atoms with E-state index in [1.807, 2.05) is 18.2 Å². The van der Waals surface area contributed by atoms with Crippen molar-refractivity contribution in [2.75, 3.05) is 26.2 Å². The topological polar surface area (TPSA) is 62.5 Å². The second-order valence-corrected chi connectivity index (χ2v) is 6.45. The van der Waals surface area contributed by atoms with Gasteiger partial charge in [-0.1, -0.05) is 42.5 Å². The van der Waals surface area contributed by atoms with Crippen molar-refractivity contribution in [1.29, 1.82) is 0 Å². The third kappa shape index (κ3) is 3.88. The van der Waals surface area contributed by atoms with Crippen LogP contribution in [0.15, 0.2) is 59.0 Å². The lowest BCUT2D eigenvalue weighted by atomic mass is 10.2. The summed E-state index contributed by atoms with van der Waals surface area (Å²) < 4.78 is 19.3. The number of carbonyl (C=O) groups is 1. The maximum absolute atomic E-state index is 13.8. The van der Waals surface area contributed by atoms with Crippen molar-refractivity contribution in [3.8, 4) is 11.5 Å². The van der Waals surface area contributed by atoms with Crippen LogP contribution >= 0.6 is 0 Å². The molecule has 0 radical (unpaired) electrons. The predicted molar refractivity (Wildman–Crippen MR) is 97.3 cm³/mol. The summed E-state index contributed by atoms with van der Waals surface area (Å²) in [4.78, 5) is 16.6. The average molecular weight is 366 g/mol. The molecule has 2 heterocycles. The van der Waals surface area contributed by atoms with Gasteiger partial charge in [-0.2, -0.15) is 0 Å². The molecule has 0 bridgehead atoms. The highest BCUT2D eigenvalue weighted by Gasteiger charge is 2.26. The minimum atomic E-state index is -0.463. The van der Waals surface area contributed by atoms with Crippen molar-refractivity contribution >= 4 is 5.91 Å². The summed E-state index contributed by atoms with van der Waals surface area (Å²) >= 11 is 0. The molecular weight excluding hydrogens is 347 g/mol. The SMILES string of the molecule is O=C(c1nnc(-c2ccccc2F)o1)N1CCN(Cc2ccccc2)CC1. The number of halogens is 1. The maximum Gasteiger partial charge on any atom is 0.311 e. The predicted octanol–water partition coefficient (Wildman–Crippen LogP) is 2.83. The Balaban J connectivity index is 1.38. The van der Waals surface area contributed by atoms with E-state index in [4.69, 9.17) is 4.42 Å². The van der Waals surface area contributed by atoms with Gasteiger partial charge in [-0.15, -0.1) is 10.2 Å². The zero-order valence-corrected chi connectivity index (χ0v) is 14.7. The number of aromatic nitrogens is 2. The van der Waals surface area contributed by atoms with Crippen molar-refractivity contribution in [2.45, 2.75) is 6.54 Å². The molecule has 0 N–H and O–H groups in total. The van der Waals surface area contributed by atoms with Crippen molar-refractivity contribution in [3.63, 3.8) is 0 Å². The van der Waals surface area contributed by atoms with E-state index >= 15 is 0 Å². The van der Waals surface area contributed by atoms with Crippen molar-refractivity contribution in [3.05, 3.63) is 71.9 Å². The number of amides is 1. The first-order valence-corrected chi connectivity index (χ1v) is 8.84. The molecular formula is C20H19FN4O2. The fraction of sp³-hybridized carbons (Fsp3) is 0.250. The molecule has 0 aliphatic carbocycles. The molecule has 0 unspecified atom stereocenters. The molecule has 2 aromatic carbocycles. The number of carbonyl (C=O) groups excluding carboxylic acids is 1. The molecule has 1 amide bonds. The molecule has 0 saturated carbocycles. The number of piperazine rings is 1. The van der Waals surface area contributed by atoms with Gasteiger partial charge in [-0.3, -0.25) is 9.69 Å². The Bertz CT molecular complexity index is 920. The quantitative estimate of drug-likeness (QED) is 0.711. The molecule has 1 aliphatic heterocycles. The Hall–Kier alpha value is -3.06. The van der Waals surface area contributed by atoms with E-state index in [1.165, 1.54) is 11.6 Å². The smallest absolute Gasteiger partial charge is 0.311 e. The molecule has 1 aliphatic rings. The van der Waals surface area contributed by atoms with Crippen molar-refractivity contribution in [2.24, 2.45) is 0 Å². The minimum absolute atomic E-state index is 0.0131. The Kier molecular flexibility index (Phi) is 4.93. The van der Waals surface area contributed by atoms with Gasteiger partial charge in [0, 0.05) is 32.7 Å². The first-order valence-electron chi connectivity index (χ1n) is 8.84. The Morgan fingerprint density at radius 3 is 2.41 bits per heavy atom. The number of rotatable bonds is 4. The lowest BCUT2D eigenvalue weighted by molar-refractivity contribution is 0.0590. The van der Waals surface area contributed by atoms with E-state index < -0.39 is 5.82 Å². The van der Waals surface area contributed by atoms with Crippen molar-refractivity contribution in [1.82, 2.24) is 20.0 Å². The highest BCUT2D eigenvalue weighted by Crippen LogP contribution is 2.21. The standard InChI is InChI=1S/C20H19FN4O2/c21-17-9-5-4-8-16(17)18-22-23-19(27-18)20(26)25-12-10-24(11-13-25)14-15-6-2-1-3-7-15/h1-9H,10-14H2. The summed E-state index contributed by atoms with van der Waals surface area (Å²) in [5.74, 6) is -0.872. The van der Waals surface area contributed by atoms with Gasteiger partial charge in [0.1, 0.15) is 5.82 Å². The Morgan fingerprint density at radius 2 is 1.67 bits per heavy atom. The normalized spacial score (nSPS) is 15.1. The van der Waals surface area contributed by atoms with Gasteiger partial charge in [0.25, 0.3) is 5.89 Å². The van der Waals surface area contributed by atoms with Gasteiger partial charge in [-0.25, -0.2) is 4.39 Å². The largest absolute Gasteiger partial charge is 0.412 e. The number of nitrogens with zero attached hydrogens (tertiary/aromatic N) is 4. The molecule has 1 fully saturated rings. The first-order chi connectivity index (χ1) is 13.2. The van der Waals surface area contributed by atoms with E-state index in [2.05, 4.69) is 27.2 Å². The van der Waals surface area contributed by atoms with Gasteiger partial charge in [0.15, 0.2) is 0 Å². The monoisotopic (exact) mass is 366 g/mol. The number of hydrogen-bond donors (Lipinski definition) is 0. The molecule has 1 aromatic heterocycles. The van der Waals surface area contributed by atoms with E-state index in [1.54, 1.807) is 23.1 Å². The molecule has 0 atom stereocenters. The van der Waals surface area contributed by atoms with Crippen LogP contribution in [0.5, 0.6) is 0 Å². The van der Waals surface area contributed by atoms with Crippen LogP contribution in [-0.2, 0) is 6.54 Å². The Morgan fingerprint density at radius 1 is 0.963 bits per heavy atom. The Labute approximate surface area is 156 Å². The summed E-state index contributed by atoms with van der Waals surface area (Å²) in [5.41, 5.74) is 1.44. The molecule has 0 spiro atoms. The average Bonchev–Trinajstić information content (AvgIpc) is 3.19. The summed E-state index contributed by atoms with van der Waals surface area (Å²) in [5, 5.41) is 7.63. The fourth-order valence-corrected chi connectivity index (χ4v) is 3.14. The minimum Gasteiger partial charge on any atom is -0.412 e. The number of hydrogen-bond acceptors (Lipinski definition) is 5. The number of benzene rings is 2. The van der Waals surface area contributed by atoms with E-state index in [0.29, 0.717) is 13.1 Å². The van der Waals surface area contributed by atoms with Crippen LogP contribution in [0.3, 0.4) is 0 Å². The van der Waals surface area contributed by atoms with Gasteiger partial charge < -0.3 is 9.32 Å². The summed E-state index contributed by atoms with van der Waals surface area (Å²) in [7, 11) is 0.